The monoisotopic (exact) mass is 276 g/mol. The quantitative estimate of drug-likeness (QED) is 0.854. The summed E-state index contributed by atoms with van der Waals surface area (Å²) in [6, 6.07) is 0. The average molecular weight is 276 g/mol. The molecule has 0 radical (unpaired) electrons. The fourth-order valence-electron chi connectivity index (χ4n) is 1.90. The summed E-state index contributed by atoms with van der Waals surface area (Å²) < 4.78 is 22.2. The number of nitrogens with zero attached hydrogens (tertiary/aromatic N) is 2. The number of likely N-dealkylation sites (tertiary alicyclic amines) is 1. The van der Waals surface area contributed by atoms with Gasteiger partial charge in [0.2, 0.25) is 0 Å². The Hall–Kier alpha value is -0.500. The Balaban J connectivity index is 1.94. The summed E-state index contributed by atoms with van der Waals surface area (Å²) in [4.78, 5) is 6.43. The molecule has 0 aromatic carbocycles. The van der Waals surface area contributed by atoms with E-state index in [1.807, 2.05) is 5.38 Å². The van der Waals surface area contributed by atoms with E-state index in [1.54, 1.807) is 0 Å². The zero-order chi connectivity index (χ0) is 12.5. The molecule has 0 amide bonds. The van der Waals surface area contributed by atoms with Gasteiger partial charge in [0, 0.05) is 31.3 Å². The number of aromatic nitrogens is 1. The van der Waals surface area contributed by atoms with Crippen molar-refractivity contribution in [1.29, 1.82) is 0 Å². The Kier molecular flexibility index (Phi) is 3.82. The second-order valence-corrected chi connectivity index (χ2v) is 7.56. The fourth-order valence-corrected chi connectivity index (χ4v) is 3.89. The van der Waals surface area contributed by atoms with Crippen LogP contribution in [0.5, 0.6) is 0 Å². The van der Waals surface area contributed by atoms with E-state index in [-0.39, 0.29) is 11.9 Å². The maximum atomic E-state index is 11.1. The zero-order valence-electron chi connectivity index (χ0n) is 9.66. The topological polar surface area (TPSA) is 70.5 Å². The standard InChI is InChI=1S/C10H16N2O3S2/c1-17(14,15)7-10-11-8(6-16-10)4-12-3-2-9(13)5-12/h6,9,13H,2-5,7H2,1H3/t9-/m0/s1. The highest BCUT2D eigenvalue weighted by Crippen LogP contribution is 2.17. The number of hydrogen-bond acceptors (Lipinski definition) is 6. The molecule has 2 rings (SSSR count). The van der Waals surface area contributed by atoms with Gasteiger partial charge < -0.3 is 5.11 Å². The van der Waals surface area contributed by atoms with Crippen LogP contribution in [0.1, 0.15) is 17.1 Å². The van der Waals surface area contributed by atoms with E-state index in [0.717, 1.165) is 18.7 Å². The van der Waals surface area contributed by atoms with Crippen LogP contribution in [0.2, 0.25) is 0 Å². The van der Waals surface area contributed by atoms with Crippen LogP contribution in [0.25, 0.3) is 0 Å². The van der Waals surface area contributed by atoms with Gasteiger partial charge in [0.25, 0.3) is 0 Å². The van der Waals surface area contributed by atoms with Crippen molar-refractivity contribution in [3.63, 3.8) is 0 Å². The third-order valence-corrected chi connectivity index (χ3v) is 4.50. The average Bonchev–Trinajstić information content (AvgIpc) is 2.74. The van der Waals surface area contributed by atoms with Crippen LogP contribution < -0.4 is 0 Å². The number of aliphatic hydroxyl groups excluding tert-OH is 1. The first kappa shape index (κ1) is 12.9. The third kappa shape index (κ3) is 4.02. The smallest absolute Gasteiger partial charge is 0.153 e. The Morgan fingerprint density at radius 1 is 1.65 bits per heavy atom. The summed E-state index contributed by atoms with van der Waals surface area (Å²) in [5, 5.41) is 11.9. The fraction of sp³-hybridized carbons (Fsp3) is 0.700. The van der Waals surface area contributed by atoms with Crippen molar-refractivity contribution < 1.29 is 13.5 Å². The third-order valence-electron chi connectivity index (χ3n) is 2.62. The molecule has 1 N–H and O–H groups in total. The number of aliphatic hydroxyl groups is 1. The molecule has 0 spiro atoms. The first-order valence-corrected chi connectivity index (χ1v) is 8.38. The molecule has 96 valence electrons. The molecule has 1 aromatic heterocycles. The van der Waals surface area contributed by atoms with E-state index < -0.39 is 9.84 Å². The van der Waals surface area contributed by atoms with Crippen molar-refractivity contribution in [1.82, 2.24) is 9.88 Å². The highest BCUT2D eigenvalue weighted by molar-refractivity contribution is 7.90. The van der Waals surface area contributed by atoms with E-state index in [9.17, 15) is 13.5 Å². The van der Waals surface area contributed by atoms with E-state index >= 15 is 0 Å². The summed E-state index contributed by atoms with van der Waals surface area (Å²) in [6.45, 7) is 2.25. The van der Waals surface area contributed by atoms with E-state index in [0.29, 0.717) is 18.1 Å². The lowest BCUT2D eigenvalue weighted by molar-refractivity contribution is 0.174. The summed E-state index contributed by atoms with van der Waals surface area (Å²) in [5.74, 6) is 0.0142. The lowest BCUT2D eigenvalue weighted by Crippen LogP contribution is -2.21. The molecule has 17 heavy (non-hydrogen) atoms. The zero-order valence-corrected chi connectivity index (χ0v) is 11.3. The van der Waals surface area contributed by atoms with Gasteiger partial charge in [-0.05, 0) is 6.42 Å². The van der Waals surface area contributed by atoms with E-state index in [2.05, 4.69) is 9.88 Å². The second kappa shape index (κ2) is 5.01. The van der Waals surface area contributed by atoms with Crippen LogP contribution in [0.3, 0.4) is 0 Å². The predicted octanol–water partition coefficient (Wildman–Crippen LogP) is 0.254. The lowest BCUT2D eigenvalue weighted by atomic mass is 10.3. The molecule has 1 atom stereocenters. The summed E-state index contributed by atoms with van der Waals surface area (Å²) in [6.07, 6.45) is 1.79. The minimum Gasteiger partial charge on any atom is -0.392 e. The minimum absolute atomic E-state index is 0.0142. The lowest BCUT2D eigenvalue weighted by Gasteiger charge is -2.12. The number of rotatable bonds is 4. The summed E-state index contributed by atoms with van der Waals surface area (Å²) in [5.41, 5.74) is 0.891. The van der Waals surface area contributed by atoms with Gasteiger partial charge in [-0.2, -0.15) is 0 Å². The van der Waals surface area contributed by atoms with Gasteiger partial charge in [-0.15, -0.1) is 11.3 Å². The Labute approximate surface area is 105 Å². The van der Waals surface area contributed by atoms with Crippen LogP contribution in [0, 0.1) is 0 Å². The van der Waals surface area contributed by atoms with Crippen LogP contribution in [0.15, 0.2) is 5.38 Å². The molecule has 0 bridgehead atoms. The van der Waals surface area contributed by atoms with Crippen molar-refractivity contribution >= 4 is 21.2 Å². The molecule has 1 saturated heterocycles. The van der Waals surface area contributed by atoms with Gasteiger partial charge in [-0.3, -0.25) is 4.90 Å². The van der Waals surface area contributed by atoms with Crippen molar-refractivity contribution in [2.24, 2.45) is 0 Å². The minimum atomic E-state index is -3.01. The van der Waals surface area contributed by atoms with Gasteiger partial charge in [-0.25, -0.2) is 13.4 Å². The number of thiazole rings is 1. The molecule has 0 saturated carbocycles. The Morgan fingerprint density at radius 2 is 2.41 bits per heavy atom. The van der Waals surface area contributed by atoms with Crippen molar-refractivity contribution in [3.8, 4) is 0 Å². The van der Waals surface area contributed by atoms with E-state index in [1.165, 1.54) is 17.6 Å². The molecule has 2 heterocycles. The SMILES string of the molecule is CS(=O)(=O)Cc1nc(CN2CC[C@H](O)C2)cs1. The number of β-amino-alcohol motifs (C(OH)–C–C–N with tert-alkyl or cyclic N) is 1. The van der Waals surface area contributed by atoms with Crippen molar-refractivity contribution in [2.75, 3.05) is 19.3 Å². The maximum absolute atomic E-state index is 11.1. The first-order valence-electron chi connectivity index (χ1n) is 5.44. The van der Waals surface area contributed by atoms with Gasteiger partial charge in [-0.1, -0.05) is 0 Å². The van der Waals surface area contributed by atoms with Crippen LogP contribution in [0.4, 0.5) is 0 Å². The number of sulfone groups is 1. The van der Waals surface area contributed by atoms with Gasteiger partial charge in [0.05, 0.1) is 11.8 Å². The maximum Gasteiger partial charge on any atom is 0.153 e. The molecule has 7 heteroatoms. The molecule has 0 aliphatic carbocycles. The van der Waals surface area contributed by atoms with Crippen LogP contribution in [-0.2, 0) is 22.1 Å². The number of hydrogen-bond donors (Lipinski definition) is 1. The molecule has 0 unspecified atom stereocenters. The highest BCUT2D eigenvalue weighted by atomic mass is 32.2. The van der Waals surface area contributed by atoms with Crippen LogP contribution >= 0.6 is 11.3 Å². The predicted molar refractivity (Wildman–Crippen MR) is 66.6 cm³/mol. The second-order valence-electron chi connectivity index (χ2n) is 4.48. The first-order chi connectivity index (χ1) is 7.92. The highest BCUT2D eigenvalue weighted by Gasteiger charge is 2.21. The summed E-state index contributed by atoms with van der Waals surface area (Å²) in [7, 11) is -3.01. The molecular weight excluding hydrogens is 260 g/mol. The van der Waals surface area contributed by atoms with Gasteiger partial charge in [0.15, 0.2) is 9.84 Å². The largest absolute Gasteiger partial charge is 0.392 e. The Morgan fingerprint density at radius 3 is 3.00 bits per heavy atom. The normalized spacial score (nSPS) is 22.1. The van der Waals surface area contributed by atoms with Crippen LogP contribution in [-0.4, -0.2) is 48.9 Å². The molecule has 1 fully saturated rings. The molecular formula is C10H16N2O3S2. The summed E-state index contributed by atoms with van der Waals surface area (Å²) >= 11 is 1.38. The van der Waals surface area contributed by atoms with Crippen molar-refractivity contribution in [3.05, 3.63) is 16.1 Å². The van der Waals surface area contributed by atoms with Gasteiger partial charge >= 0.3 is 0 Å². The molecule has 1 aliphatic rings. The molecule has 5 nitrogen and oxygen atoms in total. The van der Waals surface area contributed by atoms with E-state index in [4.69, 9.17) is 0 Å². The Bertz CT molecular complexity index is 483. The molecule has 1 aliphatic heterocycles. The van der Waals surface area contributed by atoms with Crippen molar-refractivity contribution in [2.45, 2.75) is 24.8 Å². The van der Waals surface area contributed by atoms with Gasteiger partial charge in [0.1, 0.15) is 10.8 Å². The molecule has 1 aromatic rings.